The van der Waals surface area contributed by atoms with Crippen molar-refractivity contribution in [2.75, 3.05) is 45.8 Å². The number of hydrogen-bond donors (Lipinski definition) is 3. The summed E-state index contributed by atoms with van der Waals surface area (Å²) in [5, 5.41) is 16.2. The van der Waals surface area contributed by atoms with Crippen molar-refractivity contribution < 1.29 is 5.11 Å². The number of aliphatic hydroxyl groups is 1. The van der Waals surface area contributed by atoms with Crippen LogP contribution >= 0.6 is 0 Å². The number of nitrogens with one attached hydrogen (secondary N) is 2. The van der Waals surface area contributed by atoms with Gasteiger partial charge in [0.25, 0.3) is 0 Å². The van der Waals surface area contributed by atoms with Crippen molar-refractivity contribution in [3.63, 3.8) is 0 Å². The molecule has 2 rings (SSSR count). The SMILES string of the molecule is OC1(CN2CCNCC2)CNC1. The molecule has 70 valence electrons. The number of piperazine rings is 1. The second-order valence-electron chi connectivity index (χ2n) is 3.85. The number of hydrogen-bond acceptors (Lipinski definition) is 4. The summed E-state index contributed by atoms with van der Waals surface area (Å²) in [6, 6.07) is 0. The maximum Gasteiger partial charge on any atom is 0.102 e. The molecule has 3 N–H and O–H groups in total. The molecule has 0 aliphatic carbocycles. The zero-order valence-electron chi connectivity index (χ0n) is 7.34. The van der Waals surface area contributed by atoms with Crippen molar-refractivity contribution in [2.24, 2.45) is 0 Å². The molecular formula is C8H17N3O. The fraction of sp³-hybridized carbons (Fsp3) is 1.00. The highest BCUT2D eigenvalue weighted by atomic mass is 16.3. The summed E-state index contributed by atoms with van der Waals surface area (Å²) < 4.78 is 0. The highest BCUT2D eigenvalue weighted by Crippen LogP contribution is 2.12. The van der Waals surface area contributed by atoms with Crippen LogP contribution in [0.1, 0.15) is 0 Å². The van der Waals surface area contributed by atoms with Gasteiger partial charge in [-0.3, -0.25) is 4.90 Å². The van der Waals surface area contributed by atoms with Gasteiger partial charge >= 0.3 is 0 Å². The quantitative estimate of drug-likeness (QED) is 0.460. The van der Waals surface area contributed by atoms with E-state index in [9.17, 15) is 5.11 Å². The van der Waals surface area contributed by atoms with Crippen molar-refractivity contribution in [2.45, 2.75) is 5.60 Å². The van der Waals surface area contributed by atoms with E-state index in [4.69, 9.17) is 0 Å². The van der Waals surface area contributed by atoms with Gasteiger partial charge in [0.15, 0.2) is 0 Å². The molecule has 0 atom stereocenters. The molecule has 2 fully saturated rings. The van der Waals surface area contributed by atoms with Gasteiger partial charge in [0.2, 0.25) is 0 Å². The van der Waals surface area contributed by atoms with Gasteiger partial charge in [-0.15, -0.1) is 0 Å². The first-order chi connectivity index (χ1) is 5.79. The Labute approximate surface area is 72.9 Å². The summed E-state index contributed by atoms with van der Waals surface area (Å²) >= 11 is 0. The van der Waals surface area contributed by atoms with Gasteiger partial charge in [0.05, 0.1) is 0 Å². The first kappa shape index (κ1) is 8.44. The molecule has 12 heavy (non-hydrogen) atoms. The summed E-state index contributed by atoms with van der Waals surface area (Å²) in [4.78, 5) is 2.33. The minimum atomic E-state index is -0.433. The molecule has 2 aliphatic rings. The van der Waals surface area contributed by atoms with E-state index in [1.807, 2.05) is 0 Å². The van der Waals surface area contributed by atoms with Crippen LogP contribution in [-0.4, -0.2) is 61.4 Å². The lowest BCUT2D eigenvalue weighted by Crippen LogP contribution is -2.65. The normalized spacial score (nSPS) is 29.8. The van der Waals surface area contributed by atoms with Crippen LogP contribution in [0.4, 0.5) is 0 Å². The molecule has 0 unspecified atom stereocenters. The van der Waals surface area contributed by atoms with Crippen LogP contribution in [0.5, 0.6) is 0 Å². The fourth-order valence-corrected chi connectivity index (χ4v) is 1.81. The van der Waals surface area contributed by atoms with Crippen molar-refractivity contribution in [1.29, 1.82) is 0 Å². The Balaban J connectivity index is 1.77. The largest absolute Gasteiger partial charge is 0.386 e. The highest BCUT2D eigenvalue weighted by Gasteiger charge is 2.35. The molecule has 4 heteroatoms. The molecule has 4 nitrogen and oxygen atoms in total. The molecule has 0 amide bonds. The van der Waals surface area contributed by atoms with Gasteiger partial charge in [-0.2, -0.15) is 0 Å². The Morgan fingerprint density at radius 1 is 1.17 bits per heavy atom. The van der Waals surface area contributed by atoms with Gasteiger partial charge in [0.1, 0.15) is 5.60 Å². The van der Waals surface area contributed by atoms with Crippen LogP contribution in [0.25, 0.3) is 0 Å². The molecular weight excluding hydrogens is 154 g/mol. The minimum absolute atomic E-state index is 0.433. The maximum absolute atomic E-state index is 9.84. The van der Waals surface area contributed by atoms with Crippen molar-refractivity contribution >= 4 is 0 Å². The predicted octanol–water partition coefficient (Wildman–Crippen LogP) is -1.77. The lowest BCUT2D eigenvalue weighted by Gasteiger charge is -2.42. The maximum atomic E-state index is 9.84. The number of rotatable bonds is 2. The van der Waals surface area contributed by atoms with Crippen LogP contribution in [0.15, 0.2) is 0 Å². The fourth-order valence-electron chi connectivity index (χ4n) is 1.81. The summed E-state index contributed by atoms with van der Waals surface area (Å²) in [6.45, 7) is 6.62. The smallest absolute Gasteiger partial charge is 0.102 e. The lowest BCUT2D eigenvalue weighted by atomic mass is 9.96. The molecule has 2 heterocycles. The summed E-state index contributed by atoms with van der Waals surface area (Å²) in [5.41, 5.74) is -0.433. The summed E-state index contributed by atoms with van der Waals surface area (Å²) in [7, 11) is 0. The Kier molecular flexibility index (Phi) is 2.32. The number of nitrogens with zero attached hydrogens (tertiary/aromatic N) is 1. The third-order valence-electron chi connectivity index (χ3n) is 2.64. The number of β-amino-alcohol motifs (C(OH)–C–C–N with tert-alkyl or cyclic N) is 1. The van der Waals surface area contributed by atoms with E-state index in [2.05, 4.69) is 15.5 Å². The van der Waals surface area contributed by atoms with Gasteiger partial charge in [-0.05, 0) is 0 Å². The highest BCUT2D eigenvalue weighted by molar-refractivity contribution is 4.95. The van der Waals surface area contributed by atoms with Gasteiger partial charge in [0, 0.05) is 45.8 Å². The van der Waals surface area contributed by atoms with E-state index in [1.54, 1.807) is 0 Å². The predicted molar refractivity (Wildman–Crippen MR) is 47.1 cm³/mol. The lowest BCUT2D eigenvalue weighted by molar-refractivity contribution is -0.0398. The van der Waals surface area contributed by atoms with E-state index in [1.165, 1.54) is 0 Å². The molecule has 0 aromatic rings. The summed E-state index contributed by atoms with van der Waals surface area (Å²) in [5.74, 6) is 0. The third-order valence-corrected chi connectivity index (χ3v) is 2.64. The second kappa shape index (κ2) is 3.30. The molecule has 2 saturated heterocycles. The van der Waals surface area contributed by atoms with Crippen LogP contribution in [0.2, 0.25) is 0 Å². The first-order valence-corrected chi connectivity index (χ1v) is 4.65. The Hall–Kier alpha value is -0.160. The monoisotopic (exact) mass is 171 g/mol. The Morgan fingerprint density at radius 3 is 2.33 bits per heavy atom. The zero-order chi connectivity index (χ0) is 8.44. The topological polar surface area (TPSA) is 47.5 Å². The van der Waals surface area contributed by atoms with Gasteiger partial charge in [-0.25, -0.2) is 0 Å². The van der Waals surface area contributed by atoms with Gasteiger partial charge < -0.3 is 15.7 Å². The zero-order valence-corrected chi connectivity index (χ0v) is 7.34. The minimum Gasteiger partial charge on any atom is -0.386 e. The van der Waals surface area contributed by atoms with E-state index in [0.29, 0.717) is 0 Å². The molecule has 0 spiro atoms. The molecule has 0 saturated carbocycles. The molecule has 2 aliphatic heterocycles. The summed E-state index contributed by atoms with van der Waals surface area (Å²) in [6.07, 6.45) is 0. The van der Waals surface area contributed by atoms with E-state index < -0.39 is 5.60 Å². The standard InChI is InChI=1S/C8H17N3O/c12-8(5-10-6-8)7-11-3-1-9-2-4-11/h9-10,12H,1-7H2. The van der Waals surface area contributed by atoms with E-state index in [0.717, 1.165) is 45.8 Å². The molecule has 0 radical (unpaired) electrons. The van der Waals surface area contributed by atoms with Crippen LogP contribution in [0.3, 0.4) is 0 Å². The third kappa shape index (κ3) is 1.77. The first-order valence-electron chi connectivity index (χ1n) is 4.65. The van der Waals surface area contributed by atoms with Crippen LogP contribution < -0.4 is 10.6 Å². The van der Waals surface area contributed by atoms with E-state index in [-0.39, 0.29) is 0 Å². The molecule has 0 aromatic heterocycles. The van der Waals surface area contributed by atoms with E-state index >= 15 is 0 Å². The van der Waals surface area contributed by atoms with Crippen molar-refractivity contribution in [1.82, 2.24) is 15.5 Å². The van der Waals surface area contributed by atoms with Gasteiger partial charge in [-0.1, -0.05) is 0 Å². The van der Waals surface area contributed by atoms with Crippen LogP contribution in [0, 0.1) is 0 Å². The Morgan fingerprint density at radius 2 is 1.83 bits per heavy atom. The van der Waals surface area contributed by atoms with Crippen LogP contribution in [-0.2, 0) is 0 Å². The average Bonchev–Trinajstić information content (AvgIpc) is 2.04. The average molecular weight is 171 g/mol. The van der Waals surface area contributed by atoms with Crippen molar-refractivity contribution in [3.8, 4) is 0 Å². The molecule has 0 aromatic carbocycles. The molecule has 0 bridgehead atoms. The van der Waals surface area contributed by atoms with Crippen molar-refractivity contribution in [3.05, 3.63) is 0 Å². The Bertz CT molecular complexity index is 152. The second-order valence-corrected chi connectivity index (χ2v) is 3.85.